The summed E-state index contributed by atoms with van der Waals surface area (Å²) in [5.74, 6) is 0.451. The molecular formula is C12H16N2O4. The molecule has 0 spiro atoms. The van der Waals surface area contributed by atoms with E-state index in [1.807, 2.05) is 6.92 Å². The van der Waals surface area contributed by atoms with Crippen molar-refractivity contribution in [3.05, 3.63) is 32.6 Å². The molecule has 0 aromatic carbocycles. The molecule has 1 aliphatic carbocycles. The van der Waals surface area contributed by atoms with Gasteiger partial charge in [-0.15, -0.1) is 0 Å². The monoisotopic (exact) mass is 252 g/mol. The van der Waals surface area contributed by atoms with Gasteiger partial charge in [-0.05, 0) is 12.8 Å². The van der Waals surface area contributed by atoms with Crippen LogP contribution in [0.15, 0.2) is 15.8 Å². The smallest absolute Gasteiger partial charge is 0.330 e. The predicted octanol–water partition coefficient (Wildman–Crippen LogP) is -0.455. The first-order chi connectivity index (χ1) is 8.49. The number of nitrogens with one attached hydrogen (secondary N) is 1. The van der Waals surface area contributed by atoms with E-state index in [-0.39, 0.29) is 30.1 Å². The van der Waals surface area contributed by atoms with Crippen molar-refractivity contribution in [3.63, 3.8) is 0 Å². The van der Waals surface area contributed by atoms with Gasteiger partial charge in [-0.1, -0.05) is 6.92 Å². The third-order valence-electron chi connectivity index (χ3n) is 4.22. The second-order valence-corrected chi connectivity index (χ2v) is 5.29. The maximum Gasteiger partial charge on any atom is 0.330 e. The number of fused-ring (bicyclic) bond motifs is 1. The van der Waals surface area contributed by atoms with E-state index in [0.29, 0.717) is 5.56 Å². The van der Waals surface area contributed by atoms with Crippen LogP contribution in [0.25, 0.3) is 0 Å². The SMILES string of the molecule is Cc1cn([C@@]23CC2[C@H](C)[C@@H](CO)O3)c(=O)[nH]c1=O. The molecule has 2 fully saturated rings. The van der Waals surface area contributed by atoms with Crippen LogP contribution < -0.4 is 11.2 Å². The zero-order valence-electron chi connectivity index (χ0n) is 10.3. The normalized spacial score (nSPS) is 37.6. The molecule has 0 amide bonds. The van der Waals surface area contributed by atoms with Crippen LogP contribution in [0.4, 0.5) is 0 Å². The van der Waals surface area contributed by atoms with Crippen LogP contribution in [0.5, 0.6) is 0 Å². The fraction of sp³-hybridized carbons (Fsp3) is 0.667. The summed E-state index contributed by atoms with van der Waals surface area (Å²) in [5.41, 5.74) is -0.981. The maximum absolute atomic E-state index is 11.9. The van der Waals surface area contributed by atoms with E-state index in [4.69, 9.17) is 4.74 Å². The molecule has 2 N–H and O–H groups in total. The highest BCUT2D eigenvalue weighted by Crippen LogP contribution is 2.61. The van der Waals surface area contributed by atoms with Gasteiger partial charge in [0.2, 0.25) is 0 Å². The van der Waals surface area contributed by atoms with Gasteiger partial charge in [0.25, 0.3) is 5.56 Å². The number of aliphatic hydroxyl groups excluding tert-OH is 1. The number of H-pyrrole nitrogens is 1. The van der Waals surface area contributed by atoms with Crippen molar-refractivity contribution in [2.24, 2.45) is 11.8 Å². The van der Waals surface area contributed by atoms with Crippen molar-refractivity contribution in [2.45, 2.75) is 32.1 Å². The van der Waals surface area contributed by atoms with Gasteiger partial charge in [-0.3, -0.25) is 14.3 Å². The van der Waals surface area contributed by atoms with Gasteiger partial charge in [0.1, 0.15) is 0 Å². The summed E-state index contributed by atoms with van der Waals surface area (Å²) in [6, 6.07) is 0. The highest BCUT2D eigenvalue weighted by atomic mass is 16.6. The molecule has 1 aromatic heterocycles. The molecule has 2 heterocycles. The predicted molar refractivity (Wildman–Crippen MR) is 63.3 cm³/mol. The van der Waals surface area contributed by atoms with Crippen LogP contribution in [0.3, 0.4) is 0 Å². The Labute approximate surface area is 103 Å². The van der Waals surface area contributed by atoms with E-state index in [1.54, 1.807) is 13.1 Å². The number of ether oxygens (including phenoxy) is 1. The lowest BCUT2D eigenvalue weighted by Gasteiger charge is -2.20. The largest absolute Gasteiger partial charge is 0.394 e. The van der Waals surface area contributed by atoms with Gasteiger partial charge < -0.3 is 9.84 Å². The van der Waals surface area contributed by atoms with E-state index in [1.165, 1.54) is 4.57 Å². The van der Waals surface area contributed by atoms with E-state index >= 15 is 0 Å². The van der Waals surface area contributed by atoms with Crippen LogP contribution in [0.1, 0.15) is 18.9 Å². The Bertz CT molecular complexity index is 605. The average molecular weight is 252 g/mol. The van der Waals surface area contributed by atoms with E-state index in [2.05, 4.69) is 4.98 Å². The molecule has 3 rings (SSSR count). The summed E-state index contributed by atoms with van der Waals surface area (Å²) in [6.45, 7) is 3.63. The average Bonchev–Trinajstić information content (AvgIpc) is 2.99. The molecule has 1 unspecified atom stereocenters. The molecular weight excluding hydrogens is 236 g/mol. The standard InChI is InChI=1S/C12H16N2O4/c1-6-4-14(11(17)13-10(6)16)12-3-8(12)7(2)9(5-15)18-12/h4,7-9,15H,3,5H2,1-2H3,(H,13,16,17)/t7-,8?,9+,12+/m0/s1. The Kier molecular flexibility index (Phi) is 2.30. The van der Waals surface area contributed by atoms with Crippen LogP contribution in [0.2, 0.25) is 0 Å². The molecule has 4 atom stereocenters. The lowest BCUT2D eigenvalue weighted by atomic mass is 10.0. The molecule has 1 saturated heterocycles. The van der Waals surface area contributed by atoms with Crippen molar-refractivity contribution in [3.8, 4) is 0 Å². The fourth-order valence-corrected chi connectivity index (χ4v) is 3.00. The Morgan fingerprint density at radius 3 is 2.94 bits per heavy atom. The van der Waals surface area contributed by atoms with Crippen molar-refractivity contribution in [1.29, 1.82) is 0 Å². The highest BCUT2D eigenvalue weighted by molar-refractivity contribution is 5.13. The number of aryl methyl sites for hydroxylation is 1. The van der Waals surface area contributed by atoms with E-state index in [0.717, 1.165) is 6.42 Å². The van der Waals surface area contributed by atoms with E-state index in [9.17, 15) is 14.7 Å². The third-order valence-corrected chi connectivity index (χ3v) is 4.22. The fourth-order valence-electron chi connectivity index (χ4n) is 3.00. The van der Waals surface area contributed by atoms with E-state index < -0.39 is 11.4 Å². The summed E-state index contributed by atoms with van der Waals surface area (Å²) in [5, 5.41) is 9.23. The van der Waals surface area contributed by atoms with Gasteiger partial charge >= 0.3 is 5.69 Å². The first-order valence-corrected chi connectivity index (χ1v) is 6.11. The first-order valence-electron chi connectivity index (χ1n) is 6.11. The number of hydrogen-bond donors (Lipinski definition) is 2. The molecule has 18 heavy (non-hydrogen) atoms. The van der Waals surface area contributed by atoms with Crippen molar-refractivity contribution >= 4 is 0 Å². The zero-order chi connectivity index (χ0) is 13.1. The summed E-state index contributed by atoms with van der Waals surface area (Å²) in [6.07, 6.45) is 2.08. The summed E-state index contributed by atoms with van der Waals surface area (Å²) in [7, 11) is 0. The quantitative estimate of drug-likeness (QED) is 0.746. The zero-order valence-corrected chi connectivity index (χ0v) is 10.3. The lowest BCUT2D eigenvalue weighted by molar-refractivity contribution is -0.0742. The highest BCUT2D eigenvalue weighted by Gasteiger charge is 2.67. The van der Waals surface area contributed by atoms with Crippen LogP contribution in [-0.4, -0.2) is 27.4 Å². The molecule has 2 aliphatic rings. The van der Waals surface area contributed by atoms with Crippen LogP contribution >= 0.6 is 0 Å². The van der Waals surface area contributed by atoms with Crippen molar-refractivity contribution in [1.82, 2.24) is 9.55 Å². The molecule has 1 aliphatic heterocycles. The minimum Gasteiger partial charge on any atom is -0.394 e. The van der Waals surface area contributed by atoms with Gasteiger partial charge in [0.05, 0.1) is 12.7 Å². The second-order valence-electron chi connectivity index (χ2n) is 5.29. The van der Waals surface area contributed by atoms with Crippen LogP contribution in [-0.2, 0) is 10.5 Å². The molecule has 1 saturated carbocycles. The number of hydrogen-bond acceptors (Lipinski definition) is 4. The van der Waals surface area contributed by atoms with Gasteiger partial charge in [0.15, 0.2) is 5.72 Å². The summed E-state index contributed by atoms with van der Waals surface area (Å²) >= 11 is 0. The topological polar surface area (TPSA) is 84.3 Å². The minimum absolute atomic E-state index is 0.0451. The second kappa shape index (κ2) is 3.55. The number of nitrogens with zero attached hydrogens (tertiary/aromatic N) is 1. The number of rotatable bonds is 2. The van der Waals surface area contributed by atoms with Gasteiger partial charge in [-0.25, -0.2) is 4.79 Å². The Morgan fingerprint density at radius 1 is 1.61 bits per heavy atom. The van der Waals surface area contributed by atoms with Crippen molar-refractivity contribution in [2.75, 3.05) is 6.61 Å². The molecule has 6 nitrogen and oxygen atoms in total. The summed E-state index contributed by atoms with van der Waals surface area (Å²) in [4.78, 5) is 25.5. The van der Waals surface area contributed by atoms with Crippen LogP contribution in [0, 0.1) is 18.8 Å². The minimum atomic E-state index is -0.654. The molecule has 98 valence electrons. The van der Waals surface area contributed by atoms with Crippen molar-refractivity contribution < 1.29 is 9.84 Å². The van der Waals surface area contributed by atoms with Gasteiger partial charge in [0, 0.05) is 24.1 Å². The lowest BCUT2D eigenvalue weighted by Crippen LogP contribution is -2.38. The first kappa shape index (κ1) is 11.7. The molecule has 0 bridgehead atoms. The number of aromatic nitrogens is 2. The maximum atomic E-state index is 11.9. The molecule has 1 aromatic rings. The van der Waals surface area contributed by atoms with Gasteiger partial charge in [-0.2, -0.15) is 0 Å². The molecule has 0 radical (unpaired) electrons. The Hall–Kier alpha value is -1.40. The number of aromatic amines is 1. The third kappa shape index (κ3) is 1.36. The molecule has 6 heteroatoms. The summed E-state index contributed by atoms with van der Waals surface area (Å²) < 4.78 is 7.31. The number of aliphatic hydroxyl groups is 1. The Balaban J connectivity index is 2.06. The Morgan fingerprint density at radius 2 is 2.33 bits per heavy atom.